The quantitative estimate of drug-likeness (QED) is 0.0267. The first-order valence-corrected chi connectivity index (χ1v) is 39.8. The monoisotopic (exact) mass is 1340 g/mol. The van der Waals surface area contributed by atoms with Crippen molar-refractivity contribution in [3.8, 4) is 17.2 Å². The Balaban J connectivity index is 1.56. The van der Waals surface area contributed by atoms with E-state index in [-0.39, 0.29) is 6.61 Å². The summed E-state index contributed by atoms with van der Waals surface area (Å²) in [4.78, 5) is 28.2. The average Bonchev–Trinajstić information content (AvgIpc) is 0.742. The van der Waals surface area contributed by atoms with Gasteiger partial charge in [-0.2, -0.15) is 0 Å². The summed E-state index contributed by atoms with van der Waals surface area (Å²) in [6.07, 6.45) is 61.3. The number of nitrogens with one attached hydrogen (secondary N) is 1. The van der Waals surface area contributed by atoms with Gasteiger partial charge in [-0.3, -0.25) is 0 Å². The molecule has 0 spiro atoms. The molecule has 1 atom stereocenters. The topological polar surface area (TPSA) is 92.3 Å². The van der Waals surface area contributed by atoms with Gasteiger partial charge in [0, 0.05) is 26.7 Å². The Kier molecular flexibility index (Phi) is 48.5. The third-order valence-electron chi connectivity index (χ3n) is 18.8. The molecule has 0 aliphatic heterocycles. The standard InChI is InChI=1S/C84H133Cl2NO7/c1-5-8-11-14-17-20-23-26-29-32-35-38-41-44-47-53-66-90-79-69-76(84(74-58-62-77(85)63-59-74,75-60-64-78(86)65-61-75)94-82(88)72(4)87-83(89)93-71-73-56-51-50-52-57-73)70-80(91-67-54-48-45-42-39-36-33-30-27-24-21-18-15-12-9-6-2)81(79)92-68-55-49-46-43-40-37-34-31-28-25-22-19-16-13-10-7-3/h50-52,56-65,69-70,72H,5-49,53-55,66-68,71H2,1-4H3,(H,87,89)/t72-/m0/s1. The lowest BCUT2D eigenvalue weighted by atomic mass is 9.79. The van der Waals surface area contributed by atoms with E-state index >= 15 is 0 Å². The largest absolute Gasteiger partial charge is 0.490 e. The molecule has 10 heteroatoms. The third kappa shape index (κ3) is 37.4. The van der Waals surface area contributed by atoms with Crippen LogP contribution in [0, 0.1) is 0 Å². The minimum absolute atomic E-state index is 0.0479. The maximum atomic E-state index is 14.9. The average molecular weight is 1340 g/mol. The van der Waals surface area contributed by atoms with E-state index in [4.69, 9.17) is 46.9 Å². The Hall–Kier alpha value is -4.40. The molecule has 8 nitrogen and oxygen atoms in total. The van der Waals surface area contributed by atoms with Crippen LogP contribution in [0.1, 0.15) is 358 Å². The van der Waals surface area contributed by atoms with Gasteiger partial charge >= 0.3 is 12.1 Å². The van der Waals surface area contributed by atoms with E-state index in [1.165, 1.54) is 257 Å². The van der Waals surface area contributed by atoms with E-state index in [9.17, 15) is 9.59 Å². The SMILES string of the molecule is CCCCCCCCCCCCCCCCCCOc1cc(C(OC(=O)[C@H](C)NC(=O)OCc2ccccc2)(c2ccc(Cl)cc2)c2ccc(Cl)cc2)cc(OCCCCCCCCCCCCCCCCCC)c1OCCCCCCCCCCCCCCCCCC. The van der Waals surface area contributed by atoms with Crippen molar-refractivity contribution in [1.82, 2.24) is 5.32 Å². The highest BCUT2D eigenvalue weighted by atomic mass is 35.5. The number of benzene rings is 4. The van der Waals surface area contributed by atoms with Gasteiger partial charge in [0.15, 0.2) is 17.1 Å². The second-order valence-corrected chi connectivity index (χ2v) is 28.2. The Labute approximate surface area is 585 Å². The molecule has 0 radical (unpaired) electrons. The van der Waals surface area contributed by atoms with Crippen molar-refractivity contribution in [2.75, 3.05) is 19.8 Å². The summed E-state index contributed by atoms with van der Waals surface area (Å²) in [5, 5.41) is 3.80. The third-order valence-corrected chi connectivity index (χ3v) is 19.3. The number of rotatable bonds is 62. The zero-order valence-electron chi connectivity index (χ0n) is 60.1. The Morgan fingerprint density at radius 3 is 0.968 bits per heavy atom. The van der Waals surface area contributed by atoms with Gasteiger partial charge in [-0.25, -0.2) is 9.59 Å². The van der Waals surface area contributed by atoms with Gasteiger partial charge in [0.2, 0.25) is 5.75 Å². The van der Waals surface area contributed by atoms with Crippen LogP contribution in [0.15, 0.2) is 91.0 Å². The summed E-state index contributed by atoms with van der Waals surface area (Å²) in [5.41, 5.74) is 1.04. The Bertz CT molecular complexity index is 2330. The van der Waals surface area contributed by atoms with E-state index in [1.54, 1.807) is 31.2 Å². The van der Waals surface area contributed by atoms with Gasteiger partial charge < -0.3 is 29.0 Å². The van der Waals surface area contributed by atoms with Crippen LogP contribution in [-0.2, 0) is 26.5 Å². The molecule has 0 fully saturated rings. The highest BCUT2D eigenvalue weighted by Gasteiger charge is 2.43. The molecule has 530 valence electrons. The second kappa shape index (κ2) is 55.6. The highest BCUT2D eigenvalue weighted by molar-refractivity contribution is 6.30. The van der Waals surface area contributed by atoms with Crippen LogP contribution in [0.2, 0.25) is 10.0 Å². The van der Waals surface area contributed by atoms with E-state index in [1.807, 2.05) is 66.7 Å². The van der Waals surface area contributed by atoms with Crippen molar-refractivity contribution in [3.63, 3.8) is 0 Å². The molecule has 4 aromatic carbocycles. The molecule has 4 rings (SSSR count). The van der Waals surface area contributed by atoms with Crippen molar-refractivity contribution in [3.05, 3.63) is 123 Å². The summed E-state index contributed by atoms with van der Waals surface area (Å²) in [6, 6.07) is 27.0. The fourth-order valence-corrected chi connectivity index (χ4v) is 13.2. The lowest BCUT2D eigenvalue weighted by Crippen LogP contribution is -2.44. The molecule has 0 bridgehead atoms. The molecule has 94 heavy (non-hydrogen) atoms. The molecule has 0 aromatic heterocycles. The van der Waals surface area contributed by atoms with Gasteiger partial charge in [-0.1, -0.05) is 388 Å². The van der Waals surface area contributed by atoms with Gasteiger partial charge in [0.05, 0.1) is 19.8 Å². The molecule has 1 N–H and O–H groups in total. The number of carbonyl (C=O) groups excluding carboxylic acids is 2. The van der Waals surface area contributed by atoms with Crippen LogP contribution < -0.4 is 19.5 Å². The number of halogens is 2. The predicted octanol–water partition coefficient (Wildman–Crippen LogP) is 27.1. The van der Waals surface area contributed by atoms with Crippen LogP contribution in [0.25, 0.3) is 0 Å². The summed E-state index contributed by atoms with van der Waals surface area (Å²) in [7, 11) is 0. The van der Waals surface area contributed by atoms with Crippen molar-refractivity contribution < 1.29 is 33.3 Å². The molecular weight excluding hydrogens is 1210 g/mol. The zero-order chi connectivity index (χ0) is 67.0. The number of carbonyl (C=O) groups is 2. The first kappa shape index (κ1) is 82.0. The predicted molar refractivity (Wildman–Crippen MR) is 400 cm³/mol. The number of unbranched alkanes of at least 4 members (excludes halogenated alkanes) is 45. The maximum absolute atomic E-state index is 14.9. The number of hydrogen-bond acceptors (Lipinski definition) is 7. The van der Waals surface area contributed by atoms with Gasteiger partial charge in [-0.05, 0) is 68.1 Å². The number of alkyl carbamates (subject to hydrolysis) is 1. The van der Waals surface area contributed by atoms with Crippen LogP contribution in [0.5, 0.6) is 17.2 Å². The van der Waals surface area contributed by atoms with Crippen LogP contribution in [0.4, 0.5) is 4.79 Å². The van der Waals surface area contributed by atoms with Gasteiger partial charge in [-0.15, -0.1) is 0 Å². The molecule has 0 unspecified atom stereocenters. The van der Waals surface area contributed by atoms with Crippen LogP contribution in [-0.4, -0.2) is 37.9 Å². The minimum atomic E-state index is -1.62. The number of amides is 1. The highest BCUT2D eigenvalue weighted by Crippen LogP contribution is 2.48. The fourth-order valence-electron chi connectivity index (χ4n) is 12.9. The summed E-state index contributed by atoms with van der Waals surface area (Å²) < 4.78 is 33.4. The van der Waals surface area contributed by atoms with E-state index in [2.05, 4.69) is 26.1 Å². The fraction of sp³-hybridized carbons (Fsp3) is 0.690. The Morgan fingerprint density at radius 1 is 0.372 bits per heavy atom. The lowest BCUT2D eigenvalue weighted by Gasteiger charge is -2.37. The first-order chi connectivity index (χ1) is 46.2. The summed E-state index contributed by atoms with van der Waals surface area (Å²) in [5.74, 6) is 0.963. The van der Waals surface area contributed by atoms with E-state index < -0.39 is 23.7 Å². The van der Waals surface area contributed by atoms with Gasteiger partial charge in [0.25, 0.3) is 0 Å². The number of ether oxygens (including phenoxy) is 5. The summed E-state index contributed by atoms with van der Waals surface area (Å²) >= 11 is 13.3. The minimum Gasteiger partial charge on any atom is -0.490 e. The molecule has 0 aliphatic rings. The smallest absolute Gasteiger partial charge is 0.408 e. The molecular formula is C84H133Cl2NO7. The lowest BCUT2D eigenvalue weighted by molar-refractivity contribution is -0.155. The van der Waals surface area contributed by atoms with E-state index in [0.29, 0.717) is 63.8 Å². The van der Waals surface area contributed by atoms with Crippen molar-refractivity contribution in [2.24, 2.45) is 0 Å². The number of esters is 1. The molecule has 0 heterocycles. The second-order valence-electron chi connectivity index (χ2n) is 27.3. The van der Waals surface area contributed by atoms with Crippen molar-refractivity contribution in [1.29, 1.82) is 0 Å². The maximum Gasteiger partial charge on any atom is 0.408 e. The van der Waals surface area contributed by atoms with Crippen molar-refractivity contribution >= 4 is 35.3 Å². The molecule has 1 amide bonds. The van der Waals surface area contributed by atoms with Crippen LogP contribution in [0.3, 0.4) is 0 Å². The molecule has 0 saturated carbocycles. The zero-order valence-corrected chi connectivity index (χ0v) is 61.6. The normalized spacial score (nSPS) is 11.9. The number of hydrogen-bond donors (Lipinski definition) is 1. The Morgan fingerprint density at radius 2 is 0.660 bits per heavy atom. The van der Waals surface area contributed by atoms with Crippen LogP contribution >= 0.6 is 23.2 Å². The van der Waals surface area contributed by atoms with Crippen molar-refractivity contribution in [2.45, 2.75) is 354 Å². The van der Waals surface area contributed by atoms with Gasteiger partial charge in [0.1, 0.15) is 12.6 Å². The first-order valence-electron chi connectivity index (χ1n) is 39.0. The molecule has 4 aromatic rings. The molecule has 0 saturated heterocycles. The molecule has 0 aliphatic carbocycles. The van der Waals surface area contributed by atoms with E-state index in [0.717, 1.165) is 56.9 Å². The summed E-state index contributed by atoms with van der Waals surface area (Å²) in [6.45, 7) is 10.0.